The molecule has 11 atom stereocenters. The van der Waals surface area contributed by atoms with Gasteiger partial charge in [-0.05, 0) is 89.4 Å². The molecule has 260 valence electrons. The lowest BCUT2D eigenvalue weighted by Crippen LogP contribution is -2.73. The molecule has 11 unspecified atom stereocenters. The summed E-state index contributed by atoms with van der Waals surface area (Å²) in [5.74, 6) is 0.132. The number of carbonyl (C=O) groups excluding carboxylic acids is 3. The van der Waals surface area contributed by atoms with Crippen molar-refractivity contribution in [2.75, 3.05) is 65.6 Å². The largest absolute Gasteiger partial charge is 0.379 e. The summed E-state index contributed by atoms with van der Waals surface area (Å²) in [5.41, 5.74) is 0.163. The van der Waals surface area contributed by atoms with Crippen LogP contribution in [0.2, 0.25) is 0 Å². The number of halogens is 1. The van der Waals surface area contributed by atoms with Crippen LogP contribution in [0, 0.1) is 29.6 Å². The minimum Gasteiger partial charge on any atom is -0.379 e. The second-order valence-corrected chi connectivity index (χ2v) is 15.7. The smallest absolute Gasteiger partial charge is 0.256 e. The molecule has 3 saturated heterocycles. The van der Waals surface area contributed by atoms with Crippen molar-refractivity contribution in [1.29, 1.82) is 0 Å². The van der Waals surface area contributed by atoms with Gasteiger partial charge in [0.15, 0.2) is 5.78 Å². The first-order chi connectivity index (χ1) is 23.0. The van der Waals surface area contributed by atoms with Gasteiger partial charge in [0.05, 0.1) is 49.1 Å². The second kappa shape index (κ2) is 13.8. The highest BCUT2D eigenvalue weighted by molar-refractivity contribution is 6.20. The van der Waals surface area contributed by atoms with Crippen LogP contribution in [-0.4, -0.2) is 134 Å². The fraction of sp³-hybridized carbons (Fsp3) is 0.861. The van der Waals surface area contributed by atoms with Gasteiger partial charge < -0.3 is 29.9 Å². The van der Waals surface area contributed by atoms with Gasteiger partial charge >= 0.3 is 0 Å². The molecule has 11 heteroatoms. The Hall–Kier alpha value is -1.92. The normalized spacial score (nSPS) is 41.9. The van der Waals surface area contributed by atoms with Crippen LogP contribution in [0.25, 0.3) is 0 Å². The Morgan fingerprint density at radius 2 is 1.66 bits per heavy atom. The summed E-state index contributed by atoms with van der Waals surface area (Å²) < 4.78 is 28.7. The molecule has 47 heavy (non-hydrogen) atoms. The first kappa shape index (κ1) is 32.3. The van der Waals surface area contributed by atoms with Crippen molar-refractivity contribution in [3.63, 3.8) is 0 Å². The van der Waals surface area contributed by atoms with E-state index in [9.17, 15) is 14.4 Å². The van der Waals surface area contributed by atoms with Crippen LogP contribution in [0.1, 0.15) is 64.2 Å². The third kappa shape index (κ3) is 6.10. The molecule has 10 nitrogen and oxygen atoms in total. The topological polar surface area (TPSA) is 103 Å². The Kier molecular flexibility index (Phi) is 9.46. The SMILES string of the molecule is O=C(NCCN1CCCC1)C1=CN2C3CC4C(CC3OC3C(NCCCN5CCOCC5)C(F)CC(C1=O)C32)C(=O)C1CCCCC14. The van der Waals surface area contributed by atoms with Crippen LogP contribution >= 0.6 is 0 Å². The maximum absolute atomic E-state index is 16.2. The number of morpholine rings is 2. The first-order valence-electron chi connectivity index (χ1n) is 18.9. The van der Waals surface area contributed by atoms with Gasteiger partial charge in [0, 0.05) is 50.1 Å². The molecule has 0 radical (unpaired) electrons. The van der Waals surface area contributed by atoms with Crippen molar-refractivity contribution < 1.29 is 28.2 Å². The van der Waals surface area contributed by atoms with E-state index in [4.69, 9.17) is 9.47 Å². The van der Waals surface area contributed by atoms with Crippen molar-refractivity contribution in [3.8, 4) is 0 Å². The number of nitrogens with zero attached hydrogens (tertiary/aromatic N) is 3. The Bertz CT molecular complexity index is 1220. The number of ketones is 2. The number of hydrogen-bond donors (Lipinski definition) is 2. The minimum atomic E-state index is -1.27. The van der Waals surface area contributed by atoms with Gasteiger partial charge in [-0.15, -0.1) is 0 Å². The van der Waals surface area contributed by atoms with Crippen LogP contribution in [-0.2, 0) is 23.9 Å². The van der Waals surface area contributed by atoms with Gasteiger partial charge in [-0.2, -0.15) is 0 Å². The highest BCUT2D eigenvalue weighted by atomic mass is 19.1. The molecule has 1 amide bonds. The van der Waals surface area contributed by atoms with Crippen LogP contribution in [0.5, 0.6) is 0 Å². The zero-order valence-corrected chi connectivity index (χ0v) is 27.8. The van der Waals surface area contributed by atoms with Crippen molar-refractivity contribution in [1.82, 2.24) is 25.3 Å². The molecule has 4 saturated carbocycles. The first-order valence-corrected chi connectivity index (χ1v) is 18.9. The quantitative estimate of drug-likeness (QED) is 0.285. The molecule has 0 aromatic carbocycles. The fourth-order valence-electron chi connectivity index (χ4n) is 11.0. The number of carbonyl (C=O) groups is 3. The van der Waals surface area contributed by atoms with E-state index in [0.29, 0.717) is 37.1 Å². The maximum atomic E-state index is 16.2. The van der Waals surface area contributed by atoms with Crippen molar-refractivity contribution in [2.45, 2.75) is 101 Å². The lowest BCUT2D eigenvalue weighted by molar-refractivity contribution is -0.206. The van der Waals surface area contributed by atoms with E-state index >= 15 is 4.39 Å². The molecule has 7 fully saturated rings. The molecule has 4 aliphatic carbocycles. The van der Waals surface area contributed by atoms with Gasteiger partial charge in [0.2, 0.25) is 0 Å². The average molecular weight is 656 g/mol. The van der Waals surface area contributed by atoms with Crippen LogP contribution in [0.3, 0.4) is 0 Å². The average Bonchev–Trinajstić information content (AvgIpc) is 3.71. The maximum Gasteiger partial charge on any atom is 0.256 e. The van der Waals surface area contributed by atoms with Crippen LogP contribution < -0.4 is 10.6 Å². The van der Waals surface area contributed by atoms with Gasteiger partial charge in [-0.3, -0.25) is 19.3 Å². The number of ether oxygens (including phenoxy) is 2. The third-order valence-electron chi connectivity index (χ3n) is 13.2. The van der Waals surface area contributed by atoms with Gasteiger partial charge in [-0.1, -0.05) is 12.8 Å². The van der Waals surface area contributed by atoms with Gasteiger partial charge in [0.1, 0.15) is 12.0 Å². The fourth-order valence-corrected chi connectivity index (χ4v) is 11.0. The van der Waals surface area contributed by atoms with Crippen LogP contribution in [0.15, 0.2) is 11.8 Å². The summed E-state index contributed by atoms with van der Waals surface area (Å²) in [6, 6.07) is -0.877. The lowest BCUT2D eigenvalue weighted by atomic mass is 9.66. The molecule has 4 heterocycles. The molecule has 8 aliphatic rings. The lowest BCUT2D eigenvalue weighted by Gasteiger charge is -2.60. The molecular formula is C36H54FN5O5. The predicted octanol–water partition coefficient (Wildman–Crippen LogP) is 1.93. The van der Waals surface area contributed by atoms with Crippen LogP contribution in [0.4, 0.5) is 4.39 Å². The number of rotatable bonds is 9. The van der Waals surface area contributed by atoms with E-state index in [0.717, 1.165) is 84.6 Å². The van der Waals surface area contributed by atoms with E-state index in [1.54, 1.807) is 0 Å². The van der Waals surface area contributed by atoms with E-state index < -0.39 is 24.2 Å². The van der Waals surface area contributed by atoms with Crippen molar-refractivity contribution >= 4 is 17.5 Å². The highest BCUT2D eigenvalue weighted by Crippen LogP contribution is 2.55. The Morgan fingerprint density at radius 1 is 0.872 bits per heavy atom. The van der Waals surface area contributed by atoms with E-state index in [1.165, 1.54) is 19.3 Å². The van der Waals surface area contributed by atoms with Gasteiger partial charge in [0.25, 0.3) is 5.91 Å². The minimum absolute atomic E-state index is 0.00477. The summed E-state index contributed by atoms with van der Waals surface area (Å²) in [7, 11) is 0. The molecule has 2 N–H and O–H groups in total. The monoisotopic (exact) mass is 655 g/mol. The summed E-state index contributed by atoms with van der Waals surface area (Å²) in [5, 5.41) is 6.55. The number of Topliss-reactive ketones (excluding diaryl/α,β-unsaturated/α-hetero) is 2. The molecule has 0 spiro atoms. The molecular weight excluding hydrogens is 601 g/mol. The highest BCUT2D eigenvalue weighted by Gasteiger charge is 2.62. The molecule has 8 rings (SSSR count). The number of alkyl halides is 1. The van der Waals surface area contributed by atoms with Crippen molar-refractivity contribution in [3.05, 3.63) is 11.8 Å². The molecule has 0 aromatic heterocycles. The summed E-state index contributed by atoms with van der Waals surface area (Å²) in [6.07, 6.45) is 9.08. The van der Waals surface area contributed by atoms with E-state index in [-0.39, 0.29) is 53.7 Å². The zero-order valence-electron chi connectivity index (χ0n) is 27.8. The van der Waals surface area contributed by atoms with Crippen molar-refractivity contribution in [2.24, 2.45) is 29.6 Å². The van der Waals surface area contributed by atoms with E-state index in [2.05, 4.69) is 25.3 Å². The Labute approximate surface area is 278 Å². The Balaban J connectivity index is 1.03. The predicted molar refractivity (Wildman–Crippen MR) is 173 cm³/mol. The standard InChI is InChI=1S/C36H54FN5O5/c37-28-18-26-32-35(31(28)38-8-5-12-41-14-16-46-17-15-41)47-30-20-25-24(22-6-1-2-7-23(22)33(25)43)19-29(30)42(32)21-27(34(26)44)36(45)39-9-13-40-10-3-4-11-40/h21-26,28-32,35,38H,1-20H2,(H,39,45). The summed E-state index contributed by atoms with van der Waals surface area (Å²) in [4.78, 5) is 48.3. The van der Waals surface area contributed by atoms with E-state index in [1.807, 2.05) is 6.20 Å². The number of hydrogen-bond acceptors (Lipinski definition) is 9. The summed E-state index contributed by atoms with van der Waals surface area (Å²) in [6.45, 7) is 8.31. The molecule has 0 aromatic rings. The number of likely N-dealkylation sites (tertiary alicyclic amines) is 1. The second-order valence-electron chi connectivity index (χ2n) is 15.7. The van der Waals surface area contributed by atoms with Gasteiger partial charge in [-0.25, -0.2) is 4.39 Å². The zero-order chi connectivity index (χ0) is 32.1. The number of amides is 1. The summed E-state index contributed by atoms with van der Waals surface area (Å²) >= 11 is 0. The number of nitrogens with one attached hydrogen (secondary N) is 2. The Morgan fingerprint density at radius 3 is 2.49 bits per heavy atom. The molecule has 0 bridgehead atoms. The number of fused-ring (bicyclic) bond motifs is 5. The third-order valence-corrected chi connectivity index (χ3v) is 13.2. The molecule has 4 aliphatic heterocycles.